The maximum Gasteiger partial charge on any atom is 0.165 e. The Labute approximate surface area is 112 Å². The van der Waals surface area contributed by atoms with E-state index in [2.05, 4.69) is 15.1 Å². The number of nitrogens with zero attached hydrogens (tertiary/aromatic N) is 2. The highest BCUT2D eigenvalue weighted by Crippen LogP contribution is 2.18. The second-order valence-electron chi connectivity index (χ2n) is 5.41. The number of phenols is 1. The molecule has 0 radical (unpaired) electrons. The molecule has 0 aliphatic carbocycles. The highest BCUT2D eigenvalue weighted by Gasteiger charge is 2.27. The van der Waals surface area contributed by atoms with Crippen molar-refractivity contribution >= 4 is 0 Å². The number of hydrogen-bond donors (Lipinski definition) is 2. The van der Waals surface area contributed by atoms with Crippen molar-refractivity contribution in [2.45, 2.75) is 12.6 Å². The van der Waals surface area contributed by atoms with E-state index in [1.165, 1.54) is 12.1 Å². The van der Waals surface area contributed by atoms with E-state index in [0.29, 0.717) is 6.04 Å². The van der Waals surface area contributed by atoms with Crippen LogP contribution in [0.5, 0.6) is 5.75 Å². The Hall–Kier alpha value is -1.17. The molecule has 4 nitrogen and oxygen atoms in total. The number of nitrogens with one attached hydrogen (secondary N) is 1. The predicted octanol–water partition coefficient (Wildman–Crippen LogP) is 0.621. The standard InChI is InChI=1S/C14H20FN3O/c15-13-7-11(1-2-14(13)19)10-17-3-5-18(6-4-17)12-8-16-9-12/h1-2,7,12,16,19H,3-6,8-10H2. The molecule has 0 unspecified atom stereocenters. The van der Waals surface area contributed by atoms with Gasteiger partial charge in [0.15, 0.2) is 11.6 Å². The summed E-state index contributed by atoms with van der Waals surface area (Å²) in [5.41, 5.74) is 0.925. The van der Waals surface area contributed by atoms with Crippen LogP contribution in [0.1, 0.15) is 5.56 Å². The summed E-state index contributed by atoms with van der Waals surface area (Å²) in [6.45, 7) is 7.22. The molecule has 3 rings (SSSR count). The predicted molar refractivity (Wildman–Crippen MR) is 71.6 cm³/mol. The SMILES string of the molecule is Oc1ccc(CN2CCN(C3CNC3)CC2)cc1F. The van der Waals surface area contributed by atoms with Crippen molar-refractivity contribution in [3.8, 4) is 5.75 Å². The number of rotatable bonds is 3. The minimum absolute atomic E-state index is 0.272. The zero-order valence-corrected chi connectivity index (χ0v) is 11.0. The lowest BCUT2D eigenvalue weighted by Crippen LogP contribution is -2.61. The van der Waals surface area contributed by atoms with E-state index in [0.717, 1.165) is 51.4 Å². The maximum absolute atomic E-state index is 13.3. The van der Waals surface area contributed by atoms with E-state index in [4.69, 9.17) is 0 Å². The van der Waals surface area contributed by atoms with Crippen molar-refractivity contribution in [3.05, 3.63) is 29.6 Å². The molecular formula is C14H20FN3O. The van der Waals surface area contributed by atoms with Crippen LogP contribution in [0.3, 0.4) is 0 Å². The van der Waals surface area contributed by atoms with Gasteiger partial charge in [-0.25, -0.2) is 4.39 Å². The average molecular weight is 265 g/mol. The number of benzene rings is 1. The Kier molecular flexibility index (Phi) is 3.68. The van der Waals surface area contributed by atoms with E-state index in [9.17, 15) is 9.50 Å². The quantitative estimate of drug-likeness (QED) is 0.840. The summed E-state index contributed by atoms with van der Waals surface area (Å²) >= 11 is 0. The van der Waals surface area contributed by atoms with Crippen molar-refractivity contribution < 1.29 is 9.50 Å². The molecule has 0 atom stereocenters. The van der Waals surface area contributed by atoms with E-state index >= 15 is 0 Å². The third-order valence-electron chi connectivity index (χ3n) is 4.10. The van der Waals surface area contributed by atoms with E-state index in [1.54, 1.807) is 6.07 Å². The highest BCUT2D eigenvalue weighted by molar-refractivity contribution is 5.27. The molecule has 2 fully saturated rings. The van der Waals surface area contributed by atoms with Gasteiger partial charge in [-0.05, 0) is 17.7 Å². The lowest BCUT2D eigenvalue weighted by molar-refractivity contribution is 0.0695. The molecule has 0 bridgehead atoms. The van der Waals surface area contributed by atoms with Crippen LogP contribution in [0.15, 0.2) is 18.2 Å². The smallest absolute Gasteiger partial charge is 0.165 e. The maximum atomic E-state index is 13.3. The summed E-state index contributed by atoms with van der Waals surface area (Å²) in [7, 11) is 0. The summed E-state index contributed by atoms with van der Waals surface area (Å²) in [4.78, 5) is 4.87. The first-order valence-electron chi connectivity index (χ1n) is 6.87. The Morgan fingerprint density at radius 2 is 1.95 bits per heavy atom. The minimum atomic E-state index is -0.531. The molecule has 0 spiro atoms. The van der Waals surface area contributed by atoms with Crippen molar-refractivity contribution in [2.24, 2.45) is 0 Å². The van der Waals surface area contributed by atoms with Gasteiger partial charge in [-0.1, -0.05) is 6.07 Å². The van der Waals surface area contributed by atoms with Crippen LogP contribution >= 0.6 is 0 Å². The van der Waals surface area contributed by atoms with Gasteiger partial charge in [0.05, 0.1) is 0 Å². The fourth-order valence-electron chi connectivity index (χ4n) is 2.73. The van der Waals surface area contributed by atoms with Crippen LogP contribution in [-0.2, 0) is 6.54 Å². The van der Waals surface area contributed by atoms with Crippen molar-refractivity contribution in [2.75, 3.05) is 39.3 Å². The summed E-state index contributed by atoms with van der Waals surface area (Å²) in [6, 6.07) is 5.37. The number of phenolic OH excluding ortho intramolecular Hbond substituents is 1. The third kappa shape index (κ3) is 2.88. The molecule has 2 aliphatic rings. The first-order valence-corrected chi connectivity index (χ1v) is 6.87. The molecule has 1 aromatic carbocycles. The monoisotopic (exact) mass is 265 g/mol. The first kappa shape index (κ1) is 12.8. The van der Waals surface area contributed by atoms with Gasteiger partial charge in [0.25, 0.3) is 0 Å². The topological polar surface area (TPSA) is 38.7 Å². The van der Waals surface area contributed by atoms with E-state index in [-0.39, 0.29) is 5.75 Å². The summed E-state index contributed by atoms with van der Waals surface area (Å²) in [5, 5.41) is 12.5. The van der Waals surface area contributed by atoms with Gasteiger partial charge in [-0.2, -0.15) is 0 Å². The Balaban J connectivity index is 1.52. The molecule has 2 saturated heterocycles. The largest absolute Gasteiger partial charge is 0.505 e. The van der Waals surface area contributed by atoms with Gasteiger partial charge in [0.1, 0.15) is 0 Å². The molecule has 2 N–H and O–H groups in total. The Morgan fingerprint density at radius 1 is 1.21 bits per heavy atom. The number of halogens is 1. The van der Waals surface area contributed by atoms with Gasteiger partial charge in [0, 0.05) is 51.9 Å². The van der Waals surface area contributed by atoms with Gasteiger partial charge in [-0.15, -0.1) is 0 Å². The minimum Gasteiger partial charge on any atom is -0.505 e. The number of piperazine rings is 1. The Bertz CT molecular complexity index is 442. The van der Waals surface area contributed by atoms with Crippen LogP contribution < -0.4 is 5.32 Å². The van der Waals surface area contributed by atoms with E-state index < -0.39 is 5.82 Å². The lowest BCUT2D eigenvalue weighted by Gasteiger charge is -2.43. The van der Waals surface area contributed by atoms with Crippen LogP contribution in [-0.4, -0.2) is 60.2 Å². The van der Waals surface area contributed by atoms with Gasteiger partial charge >= 0.3 is 0 Å². The normalized spacial score (nSPS) is 22.4. The fraction of sp³-hybridized carbons (Fsp3) is 0.571. The molecule has 19 heavy (non-hydrogen) atoms. The van der Waals surface area contributed by atoms with Crippen LogP contribution in [0.25, 0.3) is 0 Å². The second kappa shape index (κ2) is 5.45. The molecule has 0 aromatic heterocycles. The molecule has 0 saturated carbocycles. The number of aromatic hydroxyl groups is 1. The second-order valence-corrected chi connectivity index (χ2v) is 5.41. The molecule has 2 heterocycles. The van der Waals surface area contributed by atoms with Gasteiger partial charge in [-0.3, -0.25) is 9.80 Å². The third-order valence-corrected chi connectivity index (χ3v) is 4.10. The molecule has 1 aromatic rings. The zero-order chi connectivity index (χ0) is 13.2. The van der Waals surface area contributed by atoms with Crippen LogP contribution in [0.2, 0.25) is 0 Å². The summed E-state index contributed by atoms with van der Waals surface area (Å²) in [5.74, 6) is -0.803. The molecule has 5 heteroatoms. The lowest BCUT2D eigenvalue weighted by atomic mass is 10.1. The summed E-state index contributed by atoms with van der Waals surface area (Å²) in [6.07, 6.45) is 0. The highest BCUT2D eigenvalue weighted by atomic mass is 19.1. The Morgan fingerprint density at radius 3 is 2.53 bits per heavy atom. The van der Waals surface area contributed by atoms with Crippen LogP contribution in [0, 0.1) is 5.82 Å². The summed E-state index contributed by atoms with van der Waals surface area (Å²) < 4.78 is 13.3. The molecule has 2 aliphatic heterocycles. The first-order chi connectivity index (χ1) is 9.22. The number of hydrogen-bond acceptors (Lipinski definition) is 4. The van der Waals surface area contributed by atoms with E-state index in [1.807, 2.05) is 0 Å². The molecule has 104 valence electrons. The molecule has 0 amide bonds. The van der Waals surface area contributed by atoms with Gasteiger partial charge in [0.2, 0.25) is 0 Å². The van der Waals surface area contributed by atoms with Crippen molar-refractivity contribution in [1.82, 2.24) is 15.1 Å². The zero-order valence-electron chi connectivity index (χ0n) is 11.0. The van der Waals surface area contributed by atoms with Gasteiger partial charge < -0.3 is 10.4 Å². The van der Waals surface area contributed by atoms with Crippen molar-refractivity contribution in [3.63, 3.8) is 0 Å². The van der Waals surface area contributed by atoms with Crippen LogP contribution in [0.4, 0.5) is 4.39 Å². The molecular weight excluding hydrogens is 245 g/mol. The fourth-order valence-corrected chi connectivity index (χ4v) is 2.73. The van der Waals surface area contributed by atoms with Crippen molar-refractivity contribution in [1.29, 1.82) is 0 Å². The average Bonchev–Trinajstić information content (AvgIpc) is 2.34.